The SMILES string of the molecule is CCCCNC(=O)C(CC(O)C(CC(CNC(=O)c1ccc(CN2CCN(C(C)=O)CC2)cc1OCCCCOC)C(C)C)NC(=O)OC(C)(C)C)C(C)C. The quantitative estimate of drug-likeness (QED) is 0.107. The first-order valence-electron chi connectivity index (χ1n) is 20.4. The predicted molar refractivity (Wildman–Crippen MR) is 216 cm³/mol. The van der Waals surface area contributed by atoms with Crippen LogP contribution in [0.4, 0.5) is 4.79 Å². The Morgan fingerprint density at radius 2 is 1.58 bits per heavy atom. The van der Waals surface area contributed by atoms with Gasteiger partial charge in [0.15, 0.2) is 0 Å². The van der Waals surface area contributed by atoms with Crippen molar-refractivity contribution in [3.8, 4) is 5.75 Å². The van der Waals surface area contributed by atoms with Gasteiger partial charge in [0, 0.05) is 72.4 Å². The first kappa shape index (κ1) is 47.7. The number of amides is 4. The monoisotopic (exact) mass is 776 g/mol. The number of nitrogens with zero attached hydrogens (tertiary/aromatic N) is 2. The number of nitrogens with one attached hydrogen (secondary N) is 3. The molecule has 1 heterocycles. The van der Waals surface area contributed by atoms with Crippen molar-refractivity contribution in [1.29, 1.82) is 0 Å². The van der Waals surface area contributed by atoms with Gasteiger partial charge in [-0.1, -0.05) is 47.1 Å². The maximum Gasteiger partial charge on any atom is 0.407 e. The second-order valence-electron chi connectivity index (χ2n) is 16.7. The average molecular weight is 776 g/mol. The molecule has 4 unspecified atom stereocenters. The number of rotatable bonds is 23. The molecule has 1 aliphatic heterocycles. The number of hydrogen-bond donors (Lipinski definition) is 4. The Balaban J connectivity index is 2.26. The molecule has 1 aliphatic rings. The van der Waals surface area contributed by atoms with Crippen LogP contribution in [-0.4, -0.2) is 116 Å². The van der Waals surface area contributed by atoms with E-state index < -0.39 is 29.8 Å². The predicted octanol–water partition coefficient (Wildman–Crippen LogP) is 5.38. The molecule has 4 amide bonds. The van der Waals surface area contributed by atoms with E-state index in [0.29, 0.717) is 57.1 Å². The molecule has 55 heavy (non-hydrogen) atoms. The summed E-state index contributed by atoms with van der Waals surface area (Å²) >= 11 is 0. The highest BCUT2D eigenvalue weighted by Crippen LogP contribution is 2.26. The van der Waals surface area contributed by atoms with Crippen molar-refractivity contribution in [2.45, 2.75) is 125 Å². The molecule has 0 saturated carbocycles. The van der Waals surface area contributed by atoms with Gasteiger partial charge in [0.1, 0.15) is 11.4 Å². The van der Waals surface area contributed by atoms with Gasteiger partial charge in [-0.3, -0.25) is 19.3 Å². The summed E-state index contributed by atoms with van der Waals surface area (Å²) in [6.07, 6.45) is 2.26. The van der Waals surface area contributed by atoms with Gasteiger partial charge in [-0.25, -0.2) is 4.79 Å². The number of hydrogen-bond acceptors (Lipinski definition) is 9. The topological polar surface area (TPSA) is 159 Å². The van der Waals surface area contributed by atoms with Crippen LogP contribution in [0.3, 0.4) is 0 Å². The van der Waals surface area contributed by atoms with E-state index in [2.05, 4.69) is 27.8 Å². The van der Waals surface area contributed by atoms with Crippen LogP contribution in [0.25, 0.3) is 0 Å². The number of piperazine rings is 1. The molecule has 4 atom stereocenters. The Morgan fingerprint density at radius 1 is 0.909 bits per heavy atom. The van der Waals surface area contributed by atoms with Crippen LogP contribution in [0.5, 0.6) is 5.75 Å². The van der Waals surface area contributed by atoms with E-state index in [-0.39, 0.29) is 48.4 Å². The van der Waals surface area contributed by atoms with Crippen molar-refractivity contribution < 1.29 is 38.5 Å². The molecule has 13 heteroatoms. The van der Waals surface area contributed by atoms with Gasteiger partial charge in [0.05, 0.1) is 24.3 Å². The highest BCUT2D eigenvalue weighted by Gasteiger charge is 2.33. The van der Waals surface area contributed by atoms with Crippen molar-refractivity contribution in [2.24, 2.45) is 23.7 Å². The zero-order valence-corrected chi connectivity index (χ0v) is 35.5. The summed E-state index contributed by atoms with van der Waals surface area (Å²) in [5.41, 5.74) is 0.703. The Morgan fingerprint density at radius 3 is 2.16 bits per heavy atom. The third-order valence-electron chi connectivity index (χ3n) is 10.2. The summed E-state index contributed by atoms with van der Waals surface area (Å²) in [6.45, 7) is 22.5. The number of ether oxygens (including phenoxy) is 3. The molecule has 314 valence electrons. The number of unbranched alkanes of at least 4 members (excludes halogenated alkanes) is 2. The van der Waals surface area contributed by atoms with Gasteiger partial charge in [0.2, 0.25) is 11.8 Å². The molecule has 0 radical (unpaired) electrons. The molecule has 1 saturated heterocycles. The number of carbonyl (C=O) groups excluding carboxylic acids is 4. The second kappa shape index (κ2) is 24.3. The standard InChI is InChI=1S/C42H73N5O8/c1-11-12-17-43-40(51)35(30(4)5)26-37(49)36(45-41(52)55-42(7,8)9)25-33(29(2)3)27-44-39(50)34-16-15-32(24-38(34)54-23-14-13-22-53-10)28-46-18-20-47(21-19-46)31(6)48/h15-16,24,29-30,33,35-37,49H,11-14,17-23,25-28H2,1-10H3,(H,43,51)(H,44,50)(H,45,52). The lowest BCUT2D eigenvalue weighted by atomic mass is 9.82. The molecule has 0 aliphatic carbocycles. The highest BCUT2D eigenvalue weighted by molar-refractivity contribution is 5.97. The first-order valence-corrected chi connectivity index (χ1v) is 20.4. The lowest BCUT2D eigenvalue weighted by Crippen LogP contribution is -2.49. The van der Waals surface area contributed by atoms with Gasteiger partial charge in [-0.15, -0.1) is 0 Å². The zero-order chi connectivity index (χ0) is 41.1. The summed E-state index contributed by atoms with van der Waals surface area (Å²) in [4.78, 5) is 56.0. The van der Waals surface area contributed by atoms with E-state index in [4.69, 9.17) is 14.2 Å². The molecule has 4 N–H and O–H groups in total. The second-order valence-corrected chi connectivity index (χ2v) is 16.7. The van der Waals surface area contributed by atoms with E-state index in [1.54, 1.807) is 40.9 Å². The fourth-order valence-corrected chi connectivity index (χ4v) is 6.62. The molecule has 13 nitrogen and oxygen atoms in total. The molecule has 2 rings (SSSR count). The van der Waals surface area contributed by atoms with E-state index in [1.807, 2.05) is 44.7 Å². The first-order chi connectivity index (χ1) is 25.9. The summed E-state index contributed by atoms with van der Waals surface area (Å²) in [5, 5.41) is 20.7. The van der Waals surface area contributed by atoms with Crippen molar-refractivity contribution in [2.75, 3.05) is 59.6 Å². The van der Waals surface area contributed by atoms with Gasteiger partial charge in [0.25, 0.3) is 5.91 Å². The minimum atomic E-state index is -1.04. The minimum Gasteiger partial charge on any atom is -0.493 e. The molecule has 1 fully saturated rings. The van der Waals surface area contributed by atoms with E-state index in [0.717, 1.165) is 44.3 Å². The van der Waals surface area contributed by atoms with Crippen molar-refractivity contribution in [3.05, 3.63) is 29.3 Å². The highest BCUT2D eigenvalue weighted by atomic mass is 16.6. The molecule has 0 spiro atoms. The van der Waals surface area contributed by atoms with Crippen LogP contribution in [0.1, 0.15) is 117 Å². The van der Waals surface area contributed by atoms with E-state index >= 15 is 0 Å². The smallest absolute Gasteiger partial charge is 0.407 e. The Labute approximate surface area is 331 Å². The Kier molecular flexibility index (Phi) is 21.1. The van der Waals surface area contributed by atoms with Crippen molar-refractivity contribution in [3.63, 3.8) is 0 Å². The maximum atomic E-state index is 13.8. The Hall–Kier alpha value is -3.42. The normalized spacial score (nSPS) is 16.0. The van der Waals surface area contributed by atoms with Crippen LogP contribution in [-0.2, 0) is 25.6 Å². The van der Waals surface area contributed by atoms with Gasteiger partial charge >= 0.3 is 6.09 Å². The van der Waals surface area contributed by atoms with E-state index in [9.17, 15) is 24.3 Å². The number of aliphatic hydroxyl groups is 1. The summed E-state index contributed by atoms with van der Waals surface area (Å²) in [5.74, 6) is -0.327. The fourth-order valence-electron chi connectivity index (χ4n) is 6.62. The Bertz CT molecular complexity index is 1330. The number of carbonyl (C=O) groups is 4. The van der Waals surface area contributed by atoms with Gasteiger partial charge in [-0.2, -0.15) is 0 Å². The summed E-state index contributed by atoms with van der Waals surface area (Å²) in [7, 11) is 1.67. The van der Waals surface area contributed by atoms with Crippen LogP contribution in [0.15, 0.2) is 18.2 Å². The average Bonchev–Trinajstić information content (AvgIpc) is 3.10. The number of aliphatic hydroxyl groups excluding tert-OH is 1. The summed E-state index contributed by atoms with van der Waals surface area (Å²) in [6, 6.07) is 4.96. The van der Waals surface area contributed by atoms with Crippen molar-refractivity contribution >= 4 is 23.8 Å². The number of methoxy groups -OCH3 is 1. The third-order valence-corrected chi connectivity index (χ3v) is 10.2. The maximum absolute atomic E-state index is 13.8. The van der Waals surface area contributed by atoms with Crippen LogP contribution in [0, 0.1) is 23.7 Å². The lowest BCUT2D eigenvalue weighted by Gasteiger charge is -2.34. The molecule has 0 aromatic heterocycles. The molecule has 1 aromatic rings. The van der Waals surface area contributed by atoms with Crippen LogP contribution >= 0.6 is 0 Å². The molecule has 1 aromatic carbocycles. The van der Waals surface area contributed by atoms with E-state index in [1.165, 1.54) is 0 Å². The molecular formula is C42H73N5O8. The van der Waals surface area contributed by atoms with Crippen LogP contribution in [0.2, 0.25) is 0 Å². The zero-order valence-electron chi connectivity index (χ0n) is 35.5. The fraction of sp³-hybridized carbons (Fsp3) is 0.762. The van der Waals surface area contributed by atoms with Gasteiger partial charge in [-0.05, 0) is 88.3 Å². The molecular weight excluding hydrogens is 702 g/mol. The number of alkyl carbamates (subject to hydrolysis) is 1. The lowest BCUT2D eigenvalue weighted by molar-refractivity contribution is -0.130. The van der Waals surface area contributed by atoms with Crippen LogP contribution < -0.4 is 20.7 Å². The summed E-state index contributed by atoms with van der Waals surface area (Å²) < 4.78 is 17.0. The third kappa shape index (κ3) is 17.9. The van der Waals surface area contributed by atoms with Gasteiger partial charge < -0.3 is 40.2 Å². The largest absolute Gasteiger partial charge is 0.493 e. The number of benzene rings is 1. The molecule has 0 bridgehead atoms. The van der Waals surface area contributed by atoms with Crippen molar-refractivity contribution in [1.82, 2.24) is 25.8 Å². The minimum absolute atomic E-state index is 0.0293.